The minimum atomic E-state index is -0.271. The number of rotatable bonds is 12. The number of fused-ring (bicyclic) bond motifs is 1. The standard InChI is InChI=1S/C35H39Cl2N15O3/c1-18-11-21-13-19(2)30(50-39-5)31(54)29(21)25(12-18)42-35-46-28(44-33(37)48-35)17-52-9-7-51(8-10-52)16-27-43-32(36)47-34(45-27)41-24-14-22(40-20(3)53)23(49-38-4)15-26(24)55-6/h11-15,54H,7-10,16-17H2,1-6H3,(H,40,53)(H,41,43,45,47)(H,42,44,46,48). The summed E-state index contributed by atoms with van der Waals surface area (Å²) in [7, 11) is 4.60. The Morgan fingerprint density at radius 2 is 1.38 bits per heavy atom. The smallest absolute Gasteiger partial charge is 0.231 e. The maximum Gasteiger partial charge on any atom is 0.231 e. The summed E-state index contributed by atoms with van der Waals surface area (Å²) >= 11 is 12.7. The lowest BCUT2D eigenvalue weighted by molar-refractivity contribution is -0.114. The minimum absolute atomic E-state index is 0.0106. The van der Waals surface area contributed by atoms with E-state index in [0.29, 0.717) is 90.5 Å². The number of piperazine rings is 1. The number of nitrogens with one attached hydrogen (secondary N) is 3. The monoisotopic (exact) mass is 787 g/mol. The van der Waals surface area contributed by atoms with Crippen LogP contribution in [0.15, 0.2) is 50.8 Å². The van der Waals surface area contributed by atoms with Crippen LogP contribution in [0.5, 0.6) is 11.5 Å². The number of carbonyl (C=O) groups is 1. The first-order chi connectivity index (χ1) is 26.4. The lowest BCUT2D eigenvalue weighted by atomic mass is 10.0. The highest BCUT2D eigenvalue weighted by Crippen LogP contribution is 2.43. The van der Waals surface area contributed by atoms with Gasteiger partial charge in [0, 0.05) is 58.7 Å². The van der Waals surface area contributed by atoms with Gasteiger partial charge < -0.3 is 25.8 Å². The highest BCUT2D eigenvalue weighted by Gasteiger charge is 2.22. The molecule has 1 saturated heterocycles. The average molecular weight is 789 g/mol. The molecule has 0 spiro atoms. The van der Waals surface area contributed by atoms with Crippen molar-refractivity contribution in [1.29, 1.82) is 0 Å². The van der Waals surface area contributed by atoms with Gasteiger partial charge in [0.1, 0.15) is 28.8 Å². The molecule has 1 aliphatic rings. The van der Waals surface area contributed by atoms with Gasteiger partial charge in [-0.15, -0.1) is 0 Å². The van der Waals surface area contributed by atoms with Crippen LogP contribution in [0.25, 0.3) is 10.8 Å². The molecular formula is C35H39Cl2N15O3. The molecule has 0 atom stereocenters. The normalized spacial score (nSPS) is 13.9. The number of anilines is 5. The summed E-state index contributed by atoms with van der Waals surface area (Å²) < 4.78 is 5.55. The van der Waals surface area contributed by atoms with Crippen molar-refractivity contribution >= 4 is 80.2 Å². The Morgan fingerprint density at radius 1 is 0.800 bits per heavy atom. The van der Waals surface area contributed by atoms with Gasteiger partial charge in [0.15, 0.2) is 5.75 Å². The van der Waals surface area contributed by atoms with E-state index in [1.165, 1.54) is 21.1 Å². The summed E-state index contributed by atoms with van der Waals surface area (Å²) in [6.07, 6.45) is 0. The van der Waals surface area contributed by atoms with Crippen LogP contribution in [0.2, 0.25) is 10.6 Å². The van der Waals surface area contributed by atoms with E-state index in [-0.39, 0.29) is 34.1 Å². The van der Waals surface area contributed by atoms with E-state index >= 15 is 0 Å². The van der Waals surface area contributed by atoms with Gasteiger partial charge in [-0.05, 0) is 71.8 Å². The Bertz CT molecular complexity index is 2300. The zero-order valence-corrected chi connectivity index (χ0v) is 32.5. The molecular weight excluding hydrogens is 749 g/mol. The molecule has 4 N–H and O–H groups in total. The summed E-state index contributed by atoms with van der Waals surface area (Å²) in [5.41, 5.74) is 4.11. The van der Waals surface area contributed by atoms with E-state index in [9.17, 15) is 9.90 Å². The second-order valence-electron chi connectivity index (χ2n) is 12.6. The Balaban J connectivity index is 1.12. The van der Waals surface area contributed by atoms with Crippen molar-refractivity contribution in [1.82, 2.24) is 39.7 Å². The number of aryl methyl sites for hydroxylation is 2. The number of aromatic nitrogens is 6. The first-order valence-corrected chi connectivity index (χ1v) is 17.8. The van der Waals surface area contributed by atoms with Crippen LogP contribution in [0.3, 0.4) is 0 Å². The molecule has 0 bridgehead atoms. The fourth-order valence-corrected chi connectivity index (χ4v) is 6.58. The number of methoxy groups -OCH3 is 1. The van der Waals surface area contributed by atoms with Crippen molar-refractivity contribution in [2.75, 3.05) is 63.3 Å². The number of hydrogen-bond acceptors (Lipinski definition) is 17. The molecule has 286 valence electrons. The number of phenolic OH excluding ortho intramolecular Hbond substituents is 1. The fourth-order valence-electron chi connectivity index (χ4n) is 6.22. The van der Waals surface area contributed by atoms with Gasteiger partial charge in [0.25, 0.3) is 0 Å². The van der Waals surface area contributed by atoms with E-state index in [0.717, 1.165) is 16.5 Å². The van der Waals surface area contributed by atoms with Gasteiger partial charge in [-0.3, -0.25) is 14.6 Å². The van der Waals surface area contributed by atoms with Crippen LogP contribution < -0.4 is 20.7 Å². The molecule has 3 heterocycles. The van der Waals surface area contributed by atoms with E-state index < -0.39 is 0 Å². The maximum absolute atomic E-state index is 11.8. The van der Waals surface area contributed by atoms with Crippen LogP contribution in [0, 0.1) is 13.8 Å². The van der Waals surface area contributed by atoms with Gasteiger partial charge in [-0.25, -0.2) is 9.97 Å². The predicted molar refractivity (Wildman–Crippen MR) is 210 cm³/mol. The van der Waals surface area contributed by atoms with Crippen LogP contribution in [-0.4, -0.2) is 98.1 Å². The third-order valence-electron chi connectivity index (χ3n) is 8.55. The first kappa shape index (κ1) is 39.0. The number of hydrogen-bond donors (Lipinski definition) is 4. The number of phenols is 1. The van der Waals surface area contributed by atoms with Gasteiger partial charge in [-0.1, -0.05) is 6.07 Å². The van der Waals surface area contributed by atoms with E-state index in [1.54, 1.807) is 19.2 Å². The summed E-state index contributed by atoms with van der Waals surface area (Å²) in [5, 5.41) is 37.7. The molecule has 1 fully saturated rings. The van der Waals surface area contributed by atoms with Crippen molar-refractivity contribution in [3.05, 3.63) is 63.7 Å². The van der Waals surface area contributed by atoms with Crippen molar-refractivity contribution in [2.24, 2.45) is 20.5 Å². The number of ether oxygens (including phenoxy) is 1. The van der Waals surface area contributed by atoms with Gasteiger partial charge in [-0.2, -0.15) is 40.4 Å². The zero-order valence-electron chi connectivity index (χ0n) is 31.0. The number of amides is 1. The predicted octanol–water partition coefficient (Wildman–Crippen LogP) is 7.04. The summed E-state index contributed by atoms with van der Waals surface area (Å²) in [5.74, 6) is 1.60. The summed E-state index contributed by atoms with van der Waals surface area (Å²) in [6, 6.07) is 9.14. The molecule has 1 amide bonds. The molecule has 3 aromatic carbocycles. The molecule has 20 heteroatoms. The number of nitrogens with zero attached hydrogens (tertiary/aromatic N) is 12. The van der Waals surface area contributed by atoms with E-state index in [1.807, 2.05) is 32.0 Å². The molecule has 55 heavy (non-hydrogen) atoms. The topological polar surface area (TPSA) is 216 Å². The molecule has 1 aliphatic heterocycles. The Hall–Kier alpha value is -5.69. The molecule has 5 aromatic rings. The minimum Gasteiger partial charge on any atom is -0.505 e. The third kappa shape index (κ3) is 9.52. The number of halogens is 2. The largest absolute Gasteiger partial charge is 0.505 e. The number of benzene rings is 3. The second-order valence-corrected chi connectivity index (χ2v) is 13.3. The Morgan fingerprint density at radius 3 is 1.93 bits per heavy atom. The molecule has 18 nitrogen and oxygen atoms in total. The zero-order chi connectivity index (χ0) is 39.2. The van der Waals surface area contributed by atoms with E-state index in [2.05, 4.69) is 76.1 Å². The lowest BCUT2D eigenvalue weighted by Crippen LogP contribution is -2.45. The van der Waals surface area contributed by atoms with Gasteiger partial charge in [0.2, 0.25) is 28.4 Å². The molecule has 0 radical (unpaired) electrons. The third-order valence-corrected chi connectivity index (χ3v) is 8.89. The second kappa shape index (κ2) is 17.2. The first-order valence-electron chi connectivity index (χ1n) is 17.1. The van der Waals surface area contributed by atoms with Crippen molar-refractivity contribution in [3.8, 4) is 11.5 Å². The lowest BCUT2D eigenvalue weighted by Gasteiger charge is -2.33. The molecule has 0 saturated carbocycles. The van der Waals surface area contributed by atoms with Crippen molar-refractivity contribution < 1.29 is 14.6 Å². The highest BCUT2D eigenvalue weighted by molar-refractivity contribution is 6.28. The summed E-state index contributed by atoms with van der Waals surface area (Å²) in [4.78, 5) is 42.8. The van der Waals surface area contributed by atoms with E-state index in [4.69, 9.17) is 27.9 Å². The average Bonchev–Trinajstić information content (AvgIpc) is 3.11. The fraction of sp³-hybridized carbons (Fsp3) is 0.343. The van der Waals surface area contributed by atoms with Gasteiger partial charge >= 0.3 is 0 Å². The highest BCUT2D eigenvalue weighted by atomic mass is 35.5. The maximum atomic E-state index is 11.8. The van der Waals surface area contributed by atoms with Crippen LogP contribution >= 0.6 is 23.2 Å². The molecule has 6 rings (SSSR count). The SMILES string of the molecule is CN=Nc1cc(OC)c(Nc2nc(Cl)nc(CN3CCN(Cc4nc(Cl)nc(Nc5cc(C)cc6cc(C)c(N=NC)c(O)c56)n4)CC3)n2)cc1NC(C)=O. The number of carbonyl (C=O) groups excluding carboxylic acids is 1. The molecule has 0 unspecified atom stereocenters. The molecule has 2 aromatic heterocycles. The number of azo groups is 2. The van der Waals surface area contributed by atoms with Gasteiger partial charge in [0.05, 0.1) is 37.3 Å². The van der Waals surface area contributed by atoms with Crippen molar-refractivity contribution in [2.45, 2.75) is 33.9 Å². The van der Waals surface area contributed by atoms with Crippen molar-refractivity contribution in [3.63, 3.8) is 0 Å². The van der Waals surface area contributed by atoms with Crippen LogP contribution in [0.4, 0.5) is 40.3 Å². The molecule has 0 aliphatic carbocycles. The number of aromatic hydroxyl groups is 1. The quantitative estimate of drug-likeness (QED) is 0.0935. The Labute approximate surface area is 326 Å². The van der Waals surface area contributed by atoms with Crippen LogP contribution in [0.1, 0.15) is 29.7 Å². The Kier molecular flexibility index (Phi) is 12.2. The van der Waals surface area contributed by atoms with Crippen LogP contribution in [-0.2, 0) is 17.9 Å². The summed E-state index contributed by atoms with van der Waals surface area (Å²) in [6.45, 7) is 8.97.